The molecular weight excluding hydrogens is 342 g/mol. The van der Waals surface area contributed by atoms with E-state index in [-0.39, 0.29) is 11.7 Å². The van der Waals surface area contributed by atoms with E-state index in [1.54, 1.807) is 60.7 Å². The van der Waals surface area contributed by atoms with Gasteiger partial charge in [0, 0.05) is 5.56 Å². The second kappa shape index (κ2) is 8.44. The molecular formula is C21H17N3O3. The molecule has 0 unspecified atom stereocenters. The van der Waals surface area contributed by atoms with Gasteiger partial charge in [-0.1, -0.05) is 30.3 Å². The smallest absolute Gasteiger partial charge is 0.273 e. The minimum absolute atomic E-state index is 0.152. The second-order valence-electron chi connectivity index (χ2n) is 5.66. The predicted octanol–water partition coefficient (Wildman–Crippen LogP) is 3.41. The summed E-state index contributed by atoms with van der Waals surface area (Å²) in [6.45, 7) is 0. The second-order valence-corrected chi connectivity index (χ2v) is 5.66. The highest BCUT2D eigenvalue weighted by atomic mass is 16.3. The molecule has 0 heterocycles. The van der Waals surface area contributed by atoms with Crippen LogP contribution in [0.1, 0.15) is 26.3 Å². The topological polar surface area (TPSA) is 90.8 Å². The number of rotatable bonds is 5. The largest absolute Gasteiger partial charge is 0.508 e. The Bertz CT molecular complexity index is 967. The van der Waals surface area contributed by atoms with Crippen LogP contribution in [0, 0.1) is 0 Å². The number of phenols is 1. The van der Waals surface area contributed by atoms with Crippen LogP contribution < -0.4 is 10.7 Å². The van der Waals surface area contributed by atoms with Gasteiger partial charge in [-0.2, -0.15) is 5.10 Å². The molecule has 27 heavy (non-hydrogen) atoms. The highest BCUT2D eigenvalue weighted by Gasteiger charge is 2.13. The maximum Gasteiger partial charge on any atom is 0.273 e. The lowest BCUT2D eigenvalue weighted by atomic mass is 10.1. The van der Waals surface area contributed by atoms with Gasteiger partial charge in [-0.25, -0.2) is 5.43 Å². The van der Waals surface area contributed by atoms with E-state index in [1.807, 2.05) is 6.07 Å². The Labute approximate surface area is 156 Å². The fraction of sp³-hybridized carbons (Fsp3) is 0. The maximum absolute atomic E-state index is 12.4. The summed E-state index contributed by atoms with van der Waals surface area (Å²) < 4.78 is 0. The number of carbonyl (C=O) groups excluding carboxylic acids is 2. The first-order chi connectivity index (χ1) is 13.1. The first kappa shape index (κ1) is 17.9. The Kier molecular flexibility index (Phi) is 5.59. The van der Waals surface area contributed by atoms with E-state index in [0.29, 0.717) is 16.8 Å². The zero-order chi connectivity index (χ0) is 19.1. The van der Waals surface area contributed by atoms with Crippen LogP contribution in [0.2, 0.25) is 0 Å². The number of aromatic hydroxyl groups is 1. The van der Waals surface area contributed by atoms with Crippen molar-refractivity contribution in [2.75, 3.05) is 5.32 Å². The van der Waals surface area contributed by atoms with Gasteiger partial charge in [-0.05, 0) is 54.1 Å². The third-order valence-electron chi connectivity index (χ3n) is 3.73. The standard InChI is InChI=1S/C21H17N3O3/c25-17-12-10-15(11-13-17)14-22-24-21(27)18-8-4-5-9-19(18)23-20(26)16-6-2-1-3-7-16/h1-14,25H,(H,23,26)(H,24,27)/b22-14-. The van der Waals surface area contributed by atoms with Gasteiger partial charge in [-0.3, -0.25) is 9.59 Å². The van der Waals surface area contributed by atoms with Gasteiger partial charge in [0.1, 0.15) is 5.75 Å². The molecule has 0 bridgehead atoms. The molecule has 6 nitrogen and oxygen atoms in total. The number of nitrogens with one attached hydrogen (secondary N) is 2. The minimum atomic E-state index is -0.450. The molecule has 6 heteroatoms. The van der Waals surface area contributed by atoms with Crippen LogP contribution in [0.3, 0.4) is 0 Å². The van der Waals surface area contributed by atoms with E-state index in [4.69, 9.17) is 0 Å². The number of hydrazone groups is 1. The minimum Gasteiger partial charge on any atom is -0.508 e. The first-order valence-corrected chi connectivity index (χ1v) is 8.21. The zero-order valence-corrected chi connectivity index (χ0v) is 14.3. The van der Waals surface area contributed by atoms with Gasteiger partial charge in [0.05, 0.1) is 17.5 Å². The highest BCUT2D eigenvalue weighted by Crippen LogP contribution is 2.16. The normalized spacial score (nSPS) is 10.5. The zero-order valence-electron chi connectivity index (χ0n) is 14.3. The molecule has 0 aromatic heterocycles. The summed E-state index contributed by atoms with van der Waals surface area (Å²) in [5, 5.41) is 15.9. The number of hydrogen-bond acceptors (Lipinski definition) is 4. The summed E-state index contributed by atoms with van der Waals surface area (Å²) in [6.07, 6.45) is 1.46. The Balaban J connectivity index is 1.70. The van der Waals surface area contributed by atoms with Crippen molar-refractivity contribution in [3.8, 4) is 5.75 Å². The van der Waals surface area contributed by atoms with Crippen LogP contribution in [0.25, 0.3) is 0 Å². The lowest BCUT2D eigenvalue weighted by Gasteiger charge is -2.10. The summed E-state index contributed by atoms with van der Waals surface area (Å²) in [4.78, 5) is 24.7. The van der Waals surface area contributed by atoms with Gasteiger partial charge in [0.25, 0.3) is 11.8 Å². The van der Waals surface area contributed by atoms with E-state index >= 15 is 0 Å². The number of benzene rings is 3. The summed E-state index contributed by atoms with van der Waals surface area (Å²) in [5.41, 5.74) is 4.34. The van der Waals surface area contributed by atoms with Crippen LogP contribution in [0.5, 0.6) is 5.75 Å². The molecule has 3 N–H and O–H groups in total. The Morgan fingerprint density at radius 3 is 2.22 bits per heavy atom. The molecule has 3 rings (SSSR count). The molecule has 0 saturated carbocycles. The third kappa shape index (κ3) is 4.79. The van der Waals surface area contributed by atoms with Gasteiger partial charge in [0.15, 0.2) is 0 Å². The van der Waals surface area contributed by atoms with Crippen molar-refractivity contribution in [3.63, 3.8) is 0 Å². The van der Waals surface area contributed by atoms with Crippen LogP contribution in [-0.2, 0) is 0 Å². The number of nitrogens with zero attached hydrogens (tertiary/aromatic N) is 1. The lowest BCUT2D eigenvalue weighted by Crippen LogP contribution is -2.21. The van der Waals surface area contributed by atoms with Crippen LogP contribution in [0.15, 0.2) is 84.0 Å². The van der Waals surface area contributed by atoms with Crippen molar-refractivity contribution >= 4 is 23.7 Å². The van der Waals surface area contributed by atoms with E-state index in [0.717, 1.165) is 5.56 Å². The summed E-state index contributed by atoms with van der Waals surface area (Å²) in [7, 11) is 0. The summed E-state index contributed by atoms with van der Waals surface area (Å²) in [5.74, 6) is -0.600. The fourth-order valence-electron chi connectivity index (χ4n) is 2.36. The molecule has 0 spiro atoms. The molecule has 0 radical (unpaired) electrons. The van der Waals surface area contributed by atoms with Crippen molar-refractivity contribution in [3.05, 3.63) is 95.6 Å². The molecule has 0 fully saturated rings. The van der Waals surface area contributed by atoms with Gasteiger partial charge < -0.3 is 10.4 Å². The predicted molar refractivity (Wildman–Crippen MR) is 104 cm³/mol. The first-order valence-electron chi connectivity index (χ1n) is 8.21. The highest BCUT2D eigenvalue weighted by molar-refractivity contribution is 6.09. The molecule has 0 aliphatic heterocycles. The number of phenolic OH excluding ortho intramolecular Hbond substituents is 1. The van der Waals surface area contributed by atoms with E-state index in [1.165, 1.54) is 18.3 Å². The number of carbonyl (C=O) groups is 2. The SMILES string of the molecule is O=C(Nc1ccccc1C(=O)N/N=C\c1ccc(O)cc1)c1ccccc1. The van der Waals surface area contributed by atoms with Crippen LogP contribution in [0.4, 0.5) is 5.69 Å². The molecule has 0 aliphatic carbocycles. The van der Waals surface area contributed by atoms with Crippen molar-refractivity contribution in [2.24, 2.45) is 5.10 Å². The monoisotopic (exact) mass is 359 g/mol. The third-order valence-corrected chi connectivity index (χ3v) is 3.73. The van der Waals surface area contributed by atoms with E-state index in [9.17, 15) is 14.7 Å². The average Bonchev–Trinajstić information content (AvgIpc) is 2.70. The van der Waals surface area contributed by atoms with Crippen LogP contribution in [-0.4, -0.2) is 23.1 Å². The molecule has 0 atom stereocenters. The van der Waals surface area contributed by atoms with Crippen molar-refractivity contribution in [1.82, 2.24) is 5.43 Å². The van der Waals surface area contributed by atoms with Crippen molar-refractivity contribution in [2.45, 2.75) is 0 Å². The van der Waals surface area contributed by atoms with Crippen LogP contribution >= 0.6 is 0 Å². The number of hydrogen-bond donors (Lipinski definition) is 3. The maximum atomic E-state index is 12.4. The summed E-state index contributed by atoms with van der Waals surface area (Å²) >= 11 is 0. The van der Waals surface area contributed by atoms with Gasteiger partial charge >= 0.3 is 0 Å². The Morgan fingerprint density at radius 1 is 0.815 bits per heavy atom. The quantitative estimate of drug-likeness (QED) is 0.482. The van der Waals surface area contributed by atoms with Gasteiger partial charge in [-0.15, -0.1) is 0 Å². The molecule has 2 amide bonds. The number of anilines is 1. The summed E-state index contributed by atoms with van der Waals surface area (Å²) in [6, 6.07) is 21.8. The molecule has 0 aliphatic rings. The number of para-hydroxylation sites is 1. The van der Waals surface area contributed by atoms with Gasteiger partial charge in [0.2, 0.25) is 0 Å². The molecule has 0 saturated heterocycles. The molecule has 3 aromatic carbocycles. The van der Waals surface area contributed by atoms with Crippen molar-refractivity contribution < 1.29 is 14.7 Å². The fourth-order valence-corrected chi connectivity index (χ4v) is 2.36. The molecule has 134 valence electrons. The Hall–Kier alpha value is -3.93. The molecule has 3 aromatic rings. The average molecular weight is 359 g/mol. The van der Waals surface area contributed by atoms with E-state index in [2.05, 4.69) is 15.8 Å². The lowest BCUT2D eigenvalue weighted by molar-refractivity contribution is 0.0956. The Morgan fingerprint density at radius 2 is 1.48 bits per heavy atom. The van der Waals surface area contributed by atoms with E-state index < -0.39 is 5.91 Å². The van der Waals surface area contributed by atoms with Crippen molar-refractivity contribution in [1.29, 1.82) is 0 Å². The number of amides is 2.